The Morgan fingerprint density at radius 3 is 2.81 bits per heavy atom. The van der Waals surface area contributed by atoms with E-state index in [2.05, 4.69) is 18.4 Å². The third-order valence-corrected chi connectivity index (χ3v) is 11.5. The van der Waals surface area contributed by atoms with Crippen LogP contribution in [-0.2, 0) is 4.74 Å². The van der Waals surface area contributed by atoms with E-state index < -0.39 is 0 Å². The molecule has 2 spiro atoms. The van der Waals surface area contributed by atoms with E-state index in [1.807, 2.05) is 30.3 Å². The van der Waals surface area contributed by atoms with E-state index in [0.717, 1.165) is 18.4 Å². The number of rotatable bonds is 2. The quantitative estimate of drug-likeness (QED) is 0.589. The molecule has 0 amide bonds. The van der Waals surface area contributed by atoms with E-state index in [1.54, 1.807) is 0 Å². The molecule has 4 nitrogen and oxygen atoms in total. The summed E-state index contributed by atoms with van der Waals surface area (Å²) >= 11 is 0. The van der Waals surface area contributed by atoms with Gasteiger partial charge in [-0.2, -0.15) is 0 Å². The number of hydrogen-bond donors (Lipinski definition) is 1. The highest BCUT2D eigenvalue weighted by Crippen LogP contribution is 2.87. The summed E-state index contributed by atoms with van der Waals surface area (Å²) in [7, 11) is 0. The Kier molecular flexibility index (Phi) is 2.95. The maximum absolute atomic E-state index is 13.2. The molecule has 0 radical (unpaired) electrons. The molecule has 6 aliphatic carbocycles. The Hall–Kier alpha value is -1.65. The van der Waals surface area contributed by atoms with Gasteiger partial charge in [0.25, 0.3) is 0 Å². The van der Waals surface area contributed by atoms with Gasteiger partial charge in [0.2, 0.25) is 0 Å². The predicted octanol–water partition coefficient (Wildman–Crippen LogP) is 3.66. The van der Waals surface area contributed by atoms with Crippen LogP contribution in [0.3, 0.4) is 0 Å². The van der Waals surface area contributed by atoms with Gasteiger partial charge in [-0.3, -0.25) is 4.90 Å². The van der Waals surface area contributed by atoms with Crippen LogP contribution in [-0.4, -0.2) is 46.8 Å². The molecule has 2 unspecified atom stereocenters. The number of benzene rings is 1. The number of nitrogens with zero attached hydrogens (tertiary/aromatic N) is 1. The number of esters is 1. The molecule has 0 aromatic heterocycles. The zero-order valence-electron chi connectivity index (χ0n) is 18.2. The van der Waals surface area contributed by atoms with Gasteiger partial charge >= 0.3 is 5.97 Å². The van der Waals surface area contributed by atoms with Gasteiger partial charge in [-0.25, -0.2) is 4.79 Å². The van der Waals surface area contributed by atoms with Gasteiger partial charge in [0.05, 0.1) is 11.7 Å². The van der Waals surface area contributed by atoms with E-state index in [0.29, 0.717) is 34.9 Å². The summed E-state index contributed by atoms with van der Waals surface area (Å²) < 4.78 is 6.38. The number of aliphatic hydroxyl groups is 1. The number of fused-ring (bicyclic) bond motifs is 1. The first-order valence-electron chi connectivity index (χ1n) is 12.3. The summed E-state index contributed by atoms with van der Waals surface area (Å²) in [4.78, 5) is 16.0. The number of ether oxygens (including phenoxy) is 1. The second kappa shape index (κ2) is 5.12. The lowest BCUT2D eigenvalue weighted by molar-refractivity contribution is -0.213. The molecule has 1 aromatic rings. The Balaban J connectivity index is 1.28. The summed E-state index contributed by atoms with van der Waals surface area (Å²) in [6.45, 7) is 8.21. The smallest absolute Gasteiger partial charge is 0.338 e. The molecule has 1 N–H and O–H groups in total. The first-order valence-corrected chi connectivity index (χ1v) is 12.3. The van der Waals surface area contributed by atoms with Crippen LogP contribution in [0.1, 0.15) is 49.4 Å². The highest BCUT2D eigenvalue weighted by molar-refractivity contribution is 5.89. The van der Waals surface area contributed by atoms with Crippen molar-refractivity contribution >= 4 is 5.97 Å². The monoisotopic (exact) mass is 417 g/mol. The summed E-state index contributed by atoms with van der Waals surface area (Å²) in [5.74, 6) is 1.36. The topological polar surface area (TPSA) is 49.8 Å². The van der Waals surface area contributed by atoms with Gasteiger partial charge in [0, 0.05) is 35.9 Å². The van der Waals surface area contributed by atoms with Gasteiger partial charge in [-0.05, 0) is 66.1 Å². The van der Waals surface area contributed by atoms with Crippen molar-refractivity contribution in [3.8, 4) is 0 Å². The van der Waals surface area contributed by atoms with Crippen LogP contribution in [0, 0.1) is 39.9 Å². The lowest BCUT2D eigenvalue weighted by Crippen LogP contribution is -2.69. The third kappa shape index (κ3) is 1.62. The molecule has 1 aromatic carbocycles. The van der Waals surface area contributed by atoms with Gasteiger partial charge in [-0.15, -0.1) is 0 Å². The van der Waals surface area contributed by atoms with Crippen LogP contribution in [0.5, 0.6) is 0 Å². The summed E-state index contributed by atoms with van der Waals surface area (Å²) in [6.07, 6.45) is 5.44. The Bertz CT molecular complexity index is 1040. The van der Waals surface area contributed by atoms with Gasteiger partial charge in [0.15, 0.2) is 0 Å². The molecule has 3 aliphatic heterocycles. The molecule has 162 valence electrons. The molecule has 3 heterocycles. The third-order valence-electron chi connectivity index (χ3n) is 11.5. The number of carbonyl (C=O) groups is 1. The van der Waals surface area contributed by atoms with Crippen LogP contribution in [0.2, 0.25) is 0 Å². The van der Waals surface area contributed by atoms with Crippen LogP contribution < -0.4 is 0 Å². The molecular formula is C27H31NO3. The summed E-state index contributed by atoms with van der Waals surface area (Å²) in [6, 6.07) is 10.6. The van der Waals surface area contributed by atoms with Crippen molar-refractivity contribution in [2.24, 2.45) is 39.9 Å². The number of piperidine rings is 2. The van der Waals surface area contributed by atoms with E-state index in [-0.39, 0.29) is 40.8 Å². The van der Waals surface area contributed by atoms with Gasteiger partial charge in [-0.1, -0.05) is 38.1 Å². The number of hydrogen-bond acceptors (Lipinski definition) is 4. The van der Waals surface area contributed by atoms with Crippen molar-refractivity contribution in [3.05, 3.63) is 48.0 Å². The maximum Gasteiger partial charge on any atom is 0.338 e. The molecule has 3 saturated heterocycles. The van der Waals surface area contributed by atoms with E-state index in [9.17, 15) is 9.90 Å². The second-order valence-corrected chi connectivity index (χ2v) is 12.2. The van der Waals surface area contributed by atoms with Crippen molar-refractivity contribution in [1.29, 1.82) is 0 Å². The highest BCUT2D eigenvalue weighted by Gasteiger charge is 2.90. The summed E-state index contributed by atoms with van der Waals surface area (Å²) in [5.41, 5.74) is 2.13. The summed E-state index contributed by atoms with van der Waals surface area (Å²) in [5, 5.41) is 11.8. The van der Waals surface area contributed by atoms with E-state index >= 15 is 0 Å². The highest BCUT2D eigenvalue weighted by atomic mass is 16.5. The Morgan fingerprint density at radius 2 is 2.00 bits per heavy atom. The normalized spacial score (nSPS) is 58.8. The fourth-order valence-electron chi connectivity index (χ4n) is 11.4. The molecule has 31 heavy (non-hydrogen) atoms. The van der Waals surface area contributed by atoms with Gasteiger partial charge in [0.1, 0.15) is 6.10 Å². The van der Waals surface area contributed by atoms with Crippen LogP contribution in [0.25, 0.3) is 0 Å². The van der Waals surface area contributed by atoms with Crippen LogP contribution in [0.15, 0.2) is 42.5 Å². The maximum atomic E-state index is 13.2. The first kappa shape index (κ1) is 17.9. The van der Waals surface area contributed by atoms with Crippen molar-refractivity contribution in [1.82, 2.24) is 4.90 Å². The standard InChI is InChI=1S/C27H31NO3/c1-14-16-11-17-22-26-10-6-9-25(2)13-28(22)18(20(25)26)12-27(17,21(26)19(16)29)23(14)31-24(30)15-7-4-3-5-8-15/h3-5,7-8,16-23,29H,1,6,9-13H2,2H3/t16-,17-,18+,19+,20-,21+,22?,23-,25+,26+,27-/m1/s1. The molecule has 4 heteroatoms. The van der Waals surface area contributed by atoms with Gasteiger partial charge < -0.3 is 9.84 Å². The molecule has 9 aliphatic rings. The number of aliphatic hydroxyl groups excluding tert-OH is 1. The minimum absolute atomic E-state index is 0.0794. The van der Waals surface area contributed by atoms with Crippen LogP contribution >= 0.6 is 0 Å². The predicted molar refractivity (Wildman–Crippen MR) is 115 cm³/mol. The minimum atomic E-state index is -0.315. The van der Waals surface area contributed by atoms with Crippen LogP contribution in [0.4, 0.5) is 0 Å². The lowest BCUT2D eigenvalue weighted by Gasteiger charge is -2.66. The molecule has 6 saturated carbocycles. The Labute approximate surface area is 183 Å². The first-order chi connectivity index (χ1) is 14.9. The van der Waals surface area contributed by atoms with Crippen molar-refractivity contribution in [2.75, 3.05) is 6.54 Å². The zero-order valence-corrected chi connectivity index (χ0v) is 18.2. The molecule has 9 bridgehead atoms. The minimum Gasteiger partial charge on any atom is -0.454 e. The second-order valence-electron chi connectivity index (χ2n) is 12.2. The molecule has 10 rings (SSSR count). The van der Waals surface area contributed by atoms with E-state index in [4.69, 9.17) is 4.74 Å². The zero-order chi connectivity index (χ0) is 20.9. The van der Waals surface area contributed by atoms with Crippen molar-refractivity contribution in [2.45, 2.75) is 63.3 Å². The fourth-order valence-corrected chi connectivity index (χ4v) is 11.4. The Morgan fingerprint density at radius 1 is 1.19 bits per heavy atom. The SMILES string of the molecule is C=C1[C@H]2C[C@@H]3C4N5C[C@]6(C)CCC[C@@]47[C@@H]6[C@@H]5C[C@]3([C@@H]1OC(=O)c1ccccc1)[C@H]7[C@H]2O. The van der Waals surface area contributed by atoms with E-state index in [1.165, 1.54) is 25.8 Å². The lowest BCUT2D eigenvalue weighted by atomic mass is 9.39. The average Bonchev–Trinajstić information content (AvgIpc) is 3.19. The van der Waals surface area contributed by atoms with Crippen molar-refractivity contribution < 1.29 is 14.6 Å². The average molecular weight is 418 g/mol. The molecular weight excluding hydrogens is 386 g/mol. The molecule has 12 atom stereocenters. The fraction of sp³-hybridized carbons (Fsp3) is 0.667. The number of carbonyl (C=O) groups excluding carboxylic acids is 1. The van der Waals surface area contributed by atoms with Crippen molar-refractivity contribution in [3.63, 3.8) is 0 Å². The largest absolute Gasteiger partial charge is 0.454 e. The molecule has 9 fully saturated rings.